The SMILES string of the molecule is CCCCCCCCC=CCCCCCCCC(=O)OCC(CC)CCCC.CCCCCCCCC=CCCCCCCCC(=O)OCCCCCCCC. The van der Waals surface area contributed by atoms with Crippen LogP contribution in [-0.2, 0) is 19.1 Å². The number of hydrogen-bond acceptors (Lipinski definition) is 4. The summed E-state index contributed by atoms with van der Waals surface area (Å²) >= 11 is 0. The Morgan fingerprint density at radius 3 is 1.07 bits per heavy atom. The highest BCUT2D eigenvalue weighted by molar-refractivity contribution is 5.69. The van der Waals surface area contributed by atoms with Gasteiger partial charge in [0, 0.05) is 12.8 Å². The highest BCUT2D eigenvalue weighted by Gasteiger charge is 2.10. The summed E-state index contributed by atoms with van der Waals surface area (Å²) < 4.78 is 10.8. The van der Waals surface area contributed by atoms with E-state index in [1.165, 1.54) is 193 Å². The second-order valence-electron chi connectivity index (χ2n) is 16.8. The third-order valence-electron chi connectivity index (χ3n) is 11.1. The lowest BCUT2D eigenvalue weighted by molar-refractivity contribution is -0.145. The fraction of sp³-hybridized carbons (Fsp3) is 0.885. The molecule has 0 fully saturated rings. The van der Waals surface area contributed by atoms with Crippen molar-refractivity contribution in [3.63, 3.8) is 0 Å². The lowest BCUT2D eigenvalue weighted by atomic mass is 10.0. The summed E-state index contributed by atoms with van der Waals surface area (Å²) in [5, 5.41) is 0. The van der Waals surface area contributed by atoms with Gasteiger partial charge in [-0.15, -0.1) is 0 Å². The van der Waals surface area contributed by atoms with Gasteiger partial charge in [0.2, 0.25) is 0 Å². The number of hydrogen-bond donors (Lipinski definition) is 0. The molecule has 332 valence electrons. The zero-order chi connectivity index (χ0) is 41.3. The van der Waals surface area contributed by atoms with Crippen molar-refractivity contribution in [2.45, 2.75) is 279 Å². The van der Waals surface area contributed by atoms with Crippen LogP contribution in [0.1, 0.15) is 279 Å². The molecule has 0 aromatic rings. The largest absolute Gasteiger partial charge is 0.466 e. The first-order valence-electron chi connectivity index (χ1n) is 25.2. The van der Waals surface area contributed by atoms with Crippen LogP contribution in [0.5, 0.6) is 0 Å². The second kappa shape index (κ2) is 51.4. The third-order valence-corrected chi connectivity index (χ3v) is 11.1. The molecule has 56 heavy (non-hydrogen) atoms. The van der Waals surface area contributed by atoms with E-state index in [1.807, 2.05) is 0 Å². The first kappa shape index (κ1) is 56.5. The maximum atomic E-state index is 11.8. The number of ether oxygens (including phenoxy) is 2. The Kier molecular flexibility index (Phi) is 51.9. The minimum absolute atomic E-state index is 0.00573. The Hall–Kier alpha value is -1.58. The molecule has 1 unspecified atom stereocenters. The standard InChI is InChI=1S/2C26H50O2/c1-4-7-9-10-11-12-13-14-15-16-17-18-19-20-21-23-26(27)28-24-25(6-3)22-8-5-2;1-3-5-7-9-11-12-13-14-15-16-17-18-19-20-22-24-26(27)28-25-23-21-10-8-6-4-2/h14-15,25H,4-13,16-24H2,1-3H3;14-15H,3-13,16-25H2,1-2H3. The fourth-order valence-electron chi connectivity index (χ4n) is 7.00. The van der Waals surface area contributed by atoms with E-state index >= 15 is 0 Å². The fourth-order valence-corrected chi connectivity index (χ4v) is 7.00. The normalized spacial score (nSPS) is 11.9. The van der Waals surface area contributed by atoms with E-state index in [0.717, 1.165) is 38.5 Å². The average molecular weight is 789 g/mol. The summed E-state index contributed by atoms with van der Waals surface area (Å²) in [5.74, 6) is 0.566. The molecule has 0 aliphatic heterocycles. The van der Waals surface area contributed by atoms with Crippen LogP contribution in [0.25, 0.3) is 0 Å². The molecular formula is C52H100O4. The quantitative estimate of drug-likeness (QED) is 0.0351. The minimum Gasteiger partial charge on any atom is -0.466 e. The van der Waals surface area contributed by atoms with Crippen molar-refractivity contribution in [2.75, 3.05) is 13.2 Å². The van der Waals surface area contributed by atoms with Crippen LogP contribution in [0.4, 0.5) is 0 Å². The zero-order valence-corrected chi connectivity index (χ0v) is 38.8. The molecule has 0 N–H and O–H groups in total. The molecule has 0 aromatic carbocycles. The summed E-state index contributed by atoms with van der Waals surface area (Å²) in [4.78, 5) is 23.5. The molecule has 0 saturated carbocycles. The Labute approximate surface area is 352 Å². The molecule has 0 rings (SSSR count). The highest BCUT2D eigenvalue weighted by atomic mass is 16.5. The van der Waals surface area contributed by atoms with Crippen LogP contribution in [0.2, 0.25) is 0 Å². The van der Waals surface area contributed by atoms with Crippen molar-refractivity contribution in [2.24, 2.45) is 5.92 Å². The average Bonchev–Trinajstić information content (AvgIpc) is 3.20. The highest BCUT2D eigenvalue weighted by Crippen LogP contribution is 2.15. The van der Waals surface area contributed by atoms with Gasteiger partial charge in [-0.05, 0) is 83.0 Å². The van der Waals surface area contributed by atoms with Crippen molar-refractivity contribution in [1.82, 2.24) is 0 Å². The van der Waals surface area contributed by atoms with Crippen molar-refractivity contribution in [3.8, 4) is 0 Å². The van der Waals surface area contributed by atoms with Crippen LogP contribution in [0, 0.1) is 5.92 Å². The van der Waals surface area contributed by atoms with Crippen LogP contribution in [-0.4, -0.2) is 25.2 Å². The van der Waals surface area contributed by atoms with Crippen LogP contribution >= 0.6 is 0 Å². The van der Waals surface area contributed by atoms with Crippen molar-refractivity contribution in [3.05, 3.63) is 24.3 Å². The molecule has 0 aliphatic carbocycles. The molecule has 0 heterocycles. The summed E-state index contributed by atoms with van der Waals surface area (Å²) in [7, 11) is 0. The number of esters is 2. The van der Waals surface area contributed by atoms with E-state index in [-0.39, 0.29) is 11.9 Å². The summed E-state index contributed by atoms with van der Waals surface area (Å²) in [6.07, 6.45) is 56.4. The molecule has 0 spiro atoms. The van der Waals surface area contributed by atoms with E-state index < -0.39 is 0 Å². The van der Waals surface area contributed by atoms with Crippen molar-refractivity contribution in [1.29, 1.82) is 0 Å². The van der Waals surface area contributed by atoms with E-state index in [4.69, 9.17) is 9.47 Å². The minimum atomic E-state index is 0.00573. The number of rotatable bonds is 43. The number of carbonyl (C=O) groups excluding carboxylic acids is 2. The predicted molar refractivity (Wildman–Crippen MR) is 248 cm³/mol. The van der Waals surface area contributed by atoms with Gasteiger partial charge in [0.25, 0.3) is 0 Å². The molecule has 4 heteroatoms. The Morgan fingerprint density at radius 1 is 0.375 bits per heavy atom. The predicted octanol–water partition coefficient (Wildman–Crippen LogP) is 17.7. The van der Waals surface area contributed by atoms with Gasteiger partial charge >= 0.3 is 11.9 Å². The summed E-state index contributed by atoms with van der Waals surface area (Å²) in [6, 6.07) is 0. The van der Waals surface area contributed by atoms with Crippen molar-refractivity contribution < 1.29 is 19.1 Å². The Bertz CT molecular complexity index is 818. The van der Waals surface area contributed by atoms with Gasteiger partial charge < -0.3 is 9.47 Å². The van der Waals surface area contributed by atoms with E-state index in [9.17, 15) is 9.59 Å². The van der Waals surface area contributed by atoms with Gasteiger partial charge in [-0.3, -0.25) is 9.59 Å². The maximum Gasteiger partial charge on any atom is 0.305 e. The van der Waals surface area contributed by atoms with Crippen molar-refractivity contribution >= 4 is 11.9 Å². The molecule has 0 aromatic heterocycles. The maximum absolute atomic E-state index is 11.8. The lowest BCUT2D eigenvalue weighted by Crippen LogP contribution is -2.13. The third kappa shape index (κ3) is 50.4. The van der Waals surface area contributed by atoms with Gasteiger partial charge in [0.1, 0.15) is 0 Å². The van der Waals surface area contributed by atoms with Gasteiger partial charge in [0.05, 0.1) is 13.2 Å². The molecular weight excluding hydrogens is 689 g/mol. The summed E-state index contributed by atoms with van der Waals surface area (Å²) in [5.41, 5.74) is 0. The van der Waals surface area contributed by atoms with Crippen LogP contribution in [0.15, 0.2) is 24.3 Å². The molecule has 0 saturated heterocycles. The Balaban J connectivity index is 0. The Morgan fingerprint density at radius 2 is 0.696 bits per heavy atom. The topological polar surface area (TPSA) is 52.6 Å². The van der Waals surface area contributed by atoms with Gasteiger partial charge in [-0.25, -0.2) is 0 Å². The molecule has 1 atom stereocenters. The summed E-state index contributed by atoms with van der Waals surface area (Å²) in [6.45, 7) is 12.4. The second-order valence-corrected chi connectivity index (χ2v) is 16.8. The van der Waals surface area contributed by atoms with E-state index in [1.54, 1.807) is 0 Å². The number of unbranched alkanes of at least 4 members (excludes halogenated alkanes) is 28. The van der Waals surface area contributed by atoms with Crippen LogP contribution < -0.4 is 0 Å². The smallest absolute Gasteiger partial charge is 0.305 e. The molecule has 0 amide bonds. The number of allylic oxidation sites excluding steroid dienone is 4. The molecule has 0 bridgehead atoms. The van der Waals surface area contributed by atoms with Gasteiger partial charge in [-0.1, -0.05) is 213 Å². The lowest BCUT2D eigenvalue weighted by Gasteiger charge is -2.14. The van der Waals surface area contributed by atoms with Crippen LogP contribution in [0.3, 0.4) is 0 Å². The monoisotopic (exact) mass is 789 g/mol. The van der Waals surface area contributed by atoms with Gasteiger partial charge in [-0.2, -0.15) is 0 Å². The van der Waals surface area contributed by atoms with Gasteiger partial charge in [0.15, 0.2) is 0 Å². The first-order chi connectivity index (χ1) is 27.5. The zero-order valence-electron chi connectivity index (χ0n) is 38.8. The molecule has 0 radical (unpaired) electrons. The van der Waals surface area contributed by atoms with E-state index in [2.05, 4.69) is 58.9 Å². The molecule has 4 nitrogen and oxygen atoms in total. The number of carbonyl (C=O) groups is 2. The first-order valence-corrected chi connectivity index (χ1v) is 25.2. The molecule has 0 aliphatic rings. The van der Waals surface area contributed by atoms with E-state index in [0.29, 0.717) is 32.0 Å².